The summed E-state index contributed by atoms with van der Waals surface area (Å²) in [4.78, 5) is 0. The van der Waals surface area contributed by atoms with E-state index >= 15 is 0 Å². The molecule has 0 bridgehead atoms. The molecular weight excluding hydrogens is 186 g/mol. The van der Waals surface area contributed by atoms with Gasteiger partial charge in [0, 0.05) is 12.7 Å². The summed E-state index contributed by atoms with van der Waals surface area (Å²) in [5.41, 5.74) is 1.36. The van der Waals surface area contributed by atoms with Gasteiger partial charge in [0.05, 0.1) is 6.20 Å². The van der Waals surface area contributed by atoms with Crippen LogP contribution in [-0.4, -0.2) is 22.9 Å². The molecule has 1 N–H and O–H groups in total. The highest BCUT2D eigenvalue weighted by Gasteiger charge is 2.08. The molecule has 0 aromatic carbocycles. The van der Waals surface area contributed by atoms with Crippen molar-refractivity contribution in [2.24, 2.45) is 5.92 Å². The van der Waals surface area contributed by atoms with Crippen LogP contribution in [0.3, 0.4) is 0 Å². The lowest BCUT2D eigenvalue weighted by molar-refractivity contribution is 0.467. The molecule has 1 unspecified atom stereocenters. The van der Waals surface area contributed by atoms with Crippen molar-refractivity contribution >= 4 is 0 Å². The number of nitrogens with one attached hydrogen (secondary N) is 1. The molecule has 1 aromatic rings. The second-order valence-electron chi connectivity index (χ2n) is 3.99. The number of nitrogens with zero attached hydrogens (tertiary/aromatic N) is 2. The van der Waals surface area contributed by atoms with Gasteiger partial charge in [0.2, 0.25) is 0 Å². The molecule has 0 aliphatic rings. The van der Waals surface area contributed by atoms with E-state index in [1.54, 1.807) is 0 Å². The Morgan fingerprint density at radius 2 is 2.20 bits per heavy atom. The maximum Gasteiger partial charge on any atom is 0.0521 e. The number of hydrogen-bond donors (Lipinski definition) is 1. The summed E-state index contributed by atoms with van der Waals surface area (Å²) in [6.45, 7) is 9.67. The van der Waals surface area contributed by atoms with E-state index in [0.29, 0.717) is 0 Å². The van der Waals surface area contributed by atoms with Crippen LogP contribution in [0.15, 0.2) is 12.4 Å². The van der Waals surface area contributed by atoms with Crippen molar-refractivity contribution in [2.75, 3.05) is 13.1 Å². The van der Waals surface area contributed by atoms with Crippen LogP contribution >= 0.6 is 0 Å². The lowest BCUT2D eigenvalue weighted by Gasteiger charge is -2.13. The van der Waals surface area contributed by atoms with E-state index in [1.165, 1.54) is 12.0 Å². The Balaban J connectivity index is 2.43. The van der Waals surface area contributed by atoms with Gasteiger partial charge in [-0.15, -0.1) is 0 Å². The van der Waals surface area contributed by atoms with Gasteiger partial charge in [0.25, 0.3) is 0 Å². The molecule has 3 nitrogen and oxygen atoms in total. The molecule has 0 aliphatic heterocycles. The number of aromatic nitrogens is 2. The number of rotatable bonds is 7. The third kappa shape index (κ3) is 4.04. The van der Waals surface area contributed by atoms with E-state index in [0.717, 1.165) is 32.0 Å². The van der Waals surface area contributed by atoms with Gasteiger partial charge >= 0.3 is 0 Å². The fourth-order valence-electron chi connectivity index (χ4n) is 1.73. The van der Waals surface area contributed by atoms with Crippen LogP contribution in [0.2, 0.25) is 0 Å². The SMILES string of the molecule is CCNCC(CC)Cc1cnn(CC)c1. The lowest BCUT2D eigenvalue weighted by atomic mass is 9.99. The predicted octanol–water partition coefficient (Wildman–Crippen LogP) is 2.08. The highest BCUT2D eigenvalue weighted by Crippen LogP contribution is 2.10. The van der Waals surface area contributed by atoms with Crippen LogP contribution in [0.5, 0.6) is 0 Å². The highest BCUT2D eigenvalue weighted by molar-refractivity contribution is 5.05. The molecule has 15 heavy (non-hydrogen) atoms. The van der Waals surface area contributed by atoms with Crippen molar-refractivity contribution in [1.29, 1.82) is 0 Å². The summed E-state index contributed by atoms with van der Waals surface area (Å²) in [6.07, 6.45) is 6.53. The minimum atomic E-state index is 0.736. The molecule has 3 heteroatoms. The Labute approximate surface area is 92.9 Å². The maximum atomic E-state index is 4.30. The Morgan fingerprint density at radius 1 is 1.40 bits per heavy atom. The zero-order chi connectivity index (χ0) is 11.1. The predicted molar refractivity (Wildman–Crippen MR) is 63.9 cm³/mol. The van der Waals surface area contributed by atoms with E-state index in [2.05, 4.69) is 37.4 Å². The smallest absolute Gasteiger partial charge is 0.0521 e. The first kappa shape index (κ1) is 12.2. The van der Waals surface area contributed by atoms with Crippen molar-refractivity contribution in [1.82, 2.24) is 15.1 Å². The molecule has 1 aromatic heterocycles. The van der Waals surface area contributed by atoms with Gasteiger partial charge in [-0.25, -0.2) is 0 Å². The Morgan fingerprint density at radius 3 is 2.73 bits per heavy atom. The standard InChI is InChI=1S/C12H23N3/c1-4-11(8-13-5-2)7-12-9-14-15(6-3)10-12/h9-11,13H,4-8H2,1-3H3. The van der Waals surface area contributed by atoms with Gasteiger partial charge < -0.3 is 5.32 Å². The molecule has 86 valence electrons. The summed E-state index contributed by atoms with van der Waals surface area (Å²) in [6, 6.07) is 0. The van der Waals surface area contributed by atoms with Crippen LogP contribution < -0.4 is 5.32 Å². The second-order valence-corrected chi connectivity index (χ2v) is 3.99. The van der Waals surface area contributed by atoms with E-state index in [-0.39, 0.29) is 0 Å². The Bertz CT molecular complexity index is 268. The molecule has 0 amide bonds. The third-order valence-electron chi connectivity index (χ3n) is 2.80. The molecule has 0 saturated heterocycles. The van der Waals surface area contributed by atoms with Gasteiger partial charge in [-0.2, -0.15) is 5.10 Å². The van der Waals surface area contributed by atoms with E-state index in [9.17, 15) is 0 Å². The monoisotopic (exact) mass is 209 g/mol. The Hall–Kier alpha value is -0.830. The summed E-state index contributed by atoms with van der Waals surface area (Å²) < 4.78 is 2.00. The van der Waals surface area contributed by atoms with Crippen LogP contribution in [0.1, 0.15) is 32.8 Å². The van der Waals surface area contributed by atoms with Gasteiger partial charge in [0.1, 0.15) is 0 Å². The summed E-state index contributed by atoms with van der Waals surface area (Å²) in [5.74, 6) is 0.736. The number of hydrogen-bond acceptors (Lipinski definition) is 2. The molecule has 1 rings (SSSR count). The summed E-state index contributed by atoms with van der Waals surface area (Å²) in [7, 11) is 0. The average molecular weight is 209 g/mol. The van der Waals surface area contributed by atoms with Crippen LogP contribution in [0, 0.1) is 5.92 Å². The normalized spacial score (nSPS) is 13.0. The maximum absolute atomic E-state index is 4.30. The van der Waals surface area contributed by atoms with E-state index in [4.69, 9.17) is 0 Å². The minimum absolute atomic E-state index is 0.736. The van der Waals surface area contributed by atoms with Gasteiger partial charge in [-0.3, -0.25) is 4.68 Å². The Kier molecular flexibility index (Phi) is 5.40. The van der Waals surface area contributed by atoms with E-state index < -0.39 is 0 Å². The van der Waals surface area contributed by atoms with Crippen LogP contribution in [0.25, 0.3) is 0 Å². The highest BCUT2D eigenvalue weighted by atomic mass is 15.3. The number of aryl methyl sites for hydroxylation is 1. The van der Waals surface area contributed by atoms with Crippen LogP contribution in [0.4, 0.5) is 0 Å². The third-order valence-corrected chi connectivity index (χ3v) is 2.80. The minimum Gasteiger partial charge on any atom is -0.317 e. The van der Waals surface area contributed by atoms with Crippen molar-refractivity contribution in [3.05, 3.63) is 18.0 Å². The molecule has 0 spiro atoms. The molecule has 1 heterocycles. The van der Waals surface area contributed by atoms with Crippen molar-refractivity contribution in [2.45, 2.75) is 40.2 Å². The zero-order valence-corrected chi connectivity index (χ0v) is 10.2. The topological polar surface area (TPSA) is 29.9 Å². The van der Waals surface area contributed by atoms with Gasteiger partial charge in [-0.1, -0.05) is 20.3 Å². The fourth-order valence-corrected chi connectivity index (χ4v) is 1.73. The van der Waals surface area contributed by atoms with Crippen LogP contribution in [-0.2, 0) is 13.0 Å². The molecule has 0 fully saturated rings. The van der Waals surface area contributed by atoms with Crippen molar-refractivity contribution in [3.63, 3.8) is 0 Å². The first-order valence-electron chi connectivity index (χ1n) is 6.02. The summed E-state index contributed by atoms with van der Waals surface area (Å²) >= 11 is 0. The van der Waals surface area contributed by atoms with Crippen molar-refractivity contribution < 1.29 is 0 Å². The molecule has 0 saturated carbocycles. The lowest BCUT2D eigenvalue weighted by Crippen LogP contribution is -2.23. The molecular formula is C12H23N3. The van der Waals surface area contributed by atoms with E-state index in [1.807, 2.05) is 10.9 Å². The molecule has 0 aliphatic carbocycles. The quantitative estimate of drug-likeness (QED) is 0.745. The second kappa shape index (κ2) is 6.62. The largest absolute Gasteiger partial charge is 0.317 e. The zero-order valence-electron chi connectivity index (χ0n) is 10.2. The fraction of sp³-hybridized carbons (Fsp3) is 0.750. The average Bonchev–Trinajstić information content (AvgIpc) is 2.71. The first-order chi connectivity index (χ1) is 7.30. The van der Waals surface area contributed by atoms with Crippen molar-refractivity contribution in [3.8, 4) is 0 Å². The van der Waals surface area contributed by atoms with Gasteiger partial charge in [-0.05, 0) is 37.9 Å². The first-order valence-corrected chi connectivity index (χ1v) is 6.02. The molecule has 1 atom stereocenters. The molecule has 0 radical (unpaired) electrons. The summed E-state index contributed by atoms with van der Waals surface area (Å²) in [5, 5.41) is 7.71. The van der Waals surface area contributed by atoms with Gasteiger partial charge in [0.15, 0.2) is 0 Å².